The SMILES string of the molecule is CCc1c(C)nn(CC(NC)c2cc(C)cc(C)c2)c1C. The van der Waals surface area contributed by atoms with Gasteiger partial charge < -0.3 is 5.32 Å². The van der Waals surface area contributed by atoms with E-state index >= 15 is 0 Å². The van der Waals surface area contributed by atoms with Gasteiger partial charge in [-0.05, 0) is 52.3 Å². The third-order valence-corrected chi connectivity index (χ3v) is 4.24. The van der Waals surface area contributed by atoms with Crippen LogP contribution < -0.4 is 5.32 Å². The molecule has 0 bridgehead atoms. The van der Waals surface area contributed by atoms with Crippen LogP contribution in [0, 0.1) is 27.7 Å². The average molecular weight is 285 g/mol. The number of aromatic nitrogens is 2. The van der Waals surface area contributed by atoms with Crippen LogP contribution in [0.1, 0.15) is 46.6 Å². The van der Waals surface area contributed by atoms with Gasteiger partial charge >= 0.3 is 0 Å². The minimum absolute atomic E-state index is 0.284. The van der Waals surface area contributed by atoms with E-state index in [0.717, 1.165) is 18.7 Å². The van der Waals surface area contributed by atoms with Crippen molar-refractivity contribution in [3.63, 3.8) is 0 Å². The lowest BCUT2D eigenvalue weighted by Gasteiger charge is -2.19. The van der Waals surface area contributed by atoms with E-state index in [0.29, 0.717) is 0 Å². The summed E-state index contributed by atoms with van der Waals surface area (Å²) in [5.41, 5.74) is 7.79. The number of rotatable bonds is 5. The molecule has 0 amide bonds. The molecule has 2 aromatic rings. The molecule has 3 heteroatoms. The normalized spacial score (nSPS) is 12.7. The Balaban J connectivity index is 2.31. The van der Waals surface area contributed by atoms with Gasteiger partial charge in [0.2, 0.25) is 0 Å². The number of benzene rings is 1. The Bertz CT molecular complexity index is 605. The first-order valence-electron chi connectivity index (χ1n) is 7.74. The molecule has 0 radical (unpaired) electrons. The van der Waals surface area contributed by atoms with Crippen molar-refractivity contribution in [2.24, 2.45) is 0 Å². The summed E-state index contributed by atoms with van der Waals surface area (Å²) in [5.74, 6) is 0. The van der Waals surface area contributed by atoms with Crippen LogP contribution in [-0.2, 0) is 13.0 Å². The molecular weight excluding hydrogens is 258 g/mol. The third-order valence-electron chi connectivity index (χ3n) is 4.24. The minimum atomic E-state index is 0.284. The molecular formula is C18H27N3. The molecule has 0 saturated carbocycles. The topological polar surface area (TPSA) is 29.9 Å². The van der Waals surface area contributed by atoms with Gasteiger partial charge in [-0.2, -0.15) is 5.10 Å². The molecule has 0 aliphatic rings. The Morgan fingerprint density at radius 2 is 1.71 bits per heavy atom. The molecule has 1 heterocycles. The molecule has 2 rings (SSSR count). The van der Waals surface area contributed by atoms with E-state index in [4.69, 9.17) is 5.10 Å². The Morgan fingerprint density at radius 1 is 1.10 bits per heavy atom. The fourth-order valence-corrected chi connectivity index (χ4v) is 3.17. The molecule has 1 unspecified atom stereocenters. The first-order chi connectivity index (χ1) is 9.96. The maximum atomic E-state index is 4.72. The van der Waals surface area contributed by atoms with E-state index in [9.17, 15) is 0 Å². The Labute approximate surface area is 128 Å². The van der Waals surface area contributed by atoms with Crippen molar-refractivity contribution >= 4 is 0 Å². The quantitative estimate of drug-likeness (QED) is 0.909. The fraction of sp³-hybridized carbons (Fsp3) is 0.500. The highest BCUT2D eigenvalue weighted by molar-refractivity contribution is 5.31. The molecule has 3 nitrogen and oxygen atoms in total. The summed E-state index contributed by atoms with van der Waals surface area (Å²) in [4.78, 5) is 0. The lowest BCUT2D eigenvalue weighted by atomic mass is 10.0. The van der Waals surface area contributed by atoms with Gasteiger partial charge in [-0.3, -0.25) is 4.68 Å². The molecule has 1 aromatic carbocycles. The number of nitrogens with zero attached hydrogens (tertiary/aromatic N) is 2. The van der Waals surface area contributed by atoms with Gasteiger partial charge in [0, 0.05) is 5.69 Å². The summed E-state index contributed by atoms with van der Waals surface area (Å²) in [7, 11) is 2.02. The van der Waals surface area contributed by atoms with Gasteiger partial charge in [-0.25, -0.2) is 0 Å². The molecule has 0 aliphatic heterocycles. The Kier molecular flexibility index (Phi) is 4.84. The van der Waals surface area contributed by atoms with Crippen LogP contribution in [0.15, 0.2) is 18.2 Å². The van der Waals surface area contributed by atoms with Gasteiger partial charge in [-0.1, -0.05) is 36.2 Å². The first-order valence-corrected chi connectivity index (χ1v) is 7.74. The molecule has 1 aromatic heterocycles. The number of hydrogen-bond acceptors (Lipinski definition) is 2. The molecule has 1 atom stereocenters. The van der Waals surface area contributed by atoms with E-state index in [1.807, 2.05) is 7.05 Å². The zero-order chi connectivity index (χ0) is 15.6. The van der Waals surface area contributed by atoms with Gasteiger partial charge in [0.05, 0.1) is 18.3 Å². The molecule has 0 aliphatic carbocycles. The van der Waals surface area contributed by atoms with E-state index in [1.54, 1.807) is 0 Å². The second-order valence-corrected chi connectivity index (χ2v) is 5.95. The zero-order valence-corrected chi connectivity index (χ0v) is 14.1. The summed E-state index contributed by atoms with van der Waals surface area (Å²) >= 11 is 0. The minimum Gasteiger partial charge on any atom is -0.311 e. The lowest BCUT2D eigenvalue weighted by molar-refractivity contribution is 0.459. The van der Waals surface area contributed by atoms with Crippen molar-refractivity contribution in [3.05, 3.63) is 51.8 Å². The van der Waals surface area contributed by atoms with E-state index < -0.39 is 0 Å². The average Bonchev–Trinajstić information content (AvgIpc) is 2.69. The van der Waals surface area contributed by atoms with Crippen LogP contribution in [0.25, 0.3) is 0 Å². The Morgan fingerprint density at radius 3 is 2.19 bits per heavy atom. The molecule has 0 spiro atoms. The third kappa shape index (κ3) is 3.35. The molecule has 0 fully saturated rings. The summed E-state index contributed by atoms with van der Waals surface area (Å²) < 4.78 is 2.15. The maximum absolute atomic E-state index is 4.72. The standard InChI is InChI=1S/C18H27N3/c1-7-17-14(4)20-21(15(17)5)11-18(19-6)16-9-12(2)8-13(3)10-16/h8-10,18-19H,7,11H2,1-6H3. The van der Waals surface area contributed by atoms with Crippen molar-refractivity contribution in [2.45, 2.75) is 53.6 Å². The molecule has 1 N–H and O–H groups in total. The number of likely N-dealkylation sites (N-methyl/N-ethyl adjacent to an activating group) is 1. The zero-order valence-electron chi connectivity index (χ0n) is 14.1. The van der Waals surface area contributed by atoms with Crippen LogP contribution >= 0.6 is 0 Å². The van der Waals surface area contributed by atoms with Gasteiger partial charge in [0.1, 0.15) is 0 Å². The monoisotopic (exact) mass is 285 g/mol. The number of nitrogens with one attached hydrogen (secondary N) is 1. The highest BCUT2D eigenvalue weighted by Gasteiger charge is 2.15. The molecule has 114 valence electrons. The summed E-state index contributed by atoms with van der Waals surface area (Å²) in [6, 6.07) is 7.03. The van der Waals surface area contributed by atoms with Crippen molar-refractivity contribution in [2.75, 3.05) is 7.05 Å². The van der Waals surface area contributed by atoms with E-state index in [-0.39, 0.29) is 6.04 Å². The summed E-state index contributed by atoms with van der Waals surface area (Å²) in [6.07, 6.45) is 1.05. The summed E-state index contributed by atoms with van der Waals surface area (Å²) in [5, 5.41) is 8.15. The van der Waals surface area contributed by atoms with Gasteiger partial charge in [0.15, 0.2) is 0 Å². The van der Waals surface area contributed by atoms with Crippen LogP contribution in [0.3, 0.4) is 0 Å². The van der Waals surface area contributed by atoms with Crippen molar-refractivity contribution in [1.29, 1.82) is 0 Å². The van der Waals surface area contributed by atoms with Crippen LogP contribution in [0.5, 0.6) is 0 Å². The second-order valence-electron chi connectivity index (χ2n) is 5.95. The van der Waals surface area contributed by atoms with Crippen LogP contribution in [0.2, 0.25) is 0 Å². The van der Waals surface area contributed by atoms with Crippen molar-refractivity contribution in [1.82, 2.24) is 15.1 Å². The van der Waals surface area contributed by atoms with Crippen molar-refractivity contribution in [3.8, 4) is 0 Å². The highest BCUT2D eigenvalue weighted by Crippen LogP contribution is 2.21. The first kappa shape index (κ1) is 15.8. The lowest BCUT2D eigenvalue weighted by Crippen LogP contribution is -2.23. The van der Waals surface area contributed by atoms with E-state index in [1.165, 1.54) is 27.9 Å². The van der Waals surface area contributed by atoms with Gasteiger partial charge in [-0.15, -0.1) is 0 Å². The maximum Gasteiger partial charge on any atom is 0.0628 e. The number of aryl methyl sites for hydroxylation is 3. The Hall–Kier alpha value is -1.61. The molecule has 0 saturated heterocycles. The molecule has 21 heavy (non-hydrogen) atoms. The van der Waals surface area contributed by atoms with Crippen molar-refractivity contribution < 1.29 is 0 Å². The smallest absolute Gasteiger partial charge is 0.0628 e. The van der Waals surface area contributed by atoms with Crippen LogP contribution in [0.4, 0.5) is 0 Å². The predicted octanol–water partition coefficient (Wildman–Crippen LogP) is 3.64. The second kappa shape index (κ2) is 6.44. The van der Waals surface area contributed by atoms with Gasteiger partial charge in [0.25, 0.3) is 0 Å². The fourth-order valence-electron chi connectivity index (χ4n) is 3.17. The number of hydrogen-bond donors (Lipinski definition) is 1. The predicted molar refractivity (Wildman–Crippen MR) is 88.8 cm³/mol. The summed E-state index contributed by atoms with van der Waals surface area (Å²) in [6.45, 7) is 11.6. The van der Waals surface area contributed by atoms with E-state index in [2.05, 4.69) is 62.8 Å². The largest absolute Gasteiger partial charge is 0.311 e. The highest BCUT2D eigenvalue weighted by atomic mass is 15.3. The van der Waals surface area contributed by atoms with Crippen LogP contribution in [-0.4, -0.2) is 16.8 Å².